The predicted octanol–water partition coefficient (Wildman–Crippen LogP) is 2.80. The molecule has 0 unspecified atom stereocenters. The topological polar surface area (TPSA) is 140 Å². The van der Waals surface area contributed by atoms with E-state index in [1.54, 1.807) is 33.8 Å². The van der Waals surface area contributed by atoms with Crippen LogP contribution in [0.25, 0.3) is 16.6 Å². The van der Waals surface area contributed by atoms with E-state index in [2.05, 4.69) is 25.7 Å². The number of morpholine rings is 1. The Labute approximate surface area is 200 Å². The Balaban J connectivity index is 1.43. The number of ether oxygens (including phenoxy) is 1. The zero-order chi connectivity index (χ0) is 24.4. The standard InChI is InChI=1S/C24H24N8O3/c1-15-3-2-4-19(28-15)30-24(34)29-17-7-5-16(6-8-17)20-18(23(33)31-9-11-35-12-10-31)13-32-21(20)22(25)26-14-27-32/h2-8,13-14H,9-12H2,1H3,(H2,25,26,27)(H2,28,29,30,34). The number of hydrogen-bond donors (Lipinski definition) is 3. The highest BCUT2D eigenvalue weighted by Gasteiger charge is 2.26. The van der Waals surface area contributed by atoms with Crippen molar-refractivity contribution in [2.45, 2.75) is 6.92 Å². The Morgan fingerprint density at radius 3 is 2.57 bits per heavy atom. The van der Waals surface area contributed by atoms with Crippen LogP contribution in [-0.4, -0.2) is 62.7 Å². The fraction of sp³-hybridized carbons (Fsp3) is 0.208. The summed E-state index contributed by atoms with van der Waals surface area (Å²) in [6, 6.07) is 12.1. The summed E-state index contributed by atoms with van der Waals surface area (Å²) in [4.78, 5) is 35.9. The van der Waals surface area contributed by atoms with Gasteiger partial charge in [-0.05, 0) is 36.8 Å². The molecule has 0 spiro atoms. The van der Waals surface area contributed by atoms with Gasteiger partial charge in [-0.25, -0.2) is 19.3 Å². The van der Waals surface area contributed by atoms with E-state index in [1.165, 1.54) is 6.33 Å². The summed E-state index contributed by atoms with van der Waals surface area (Å²) in [5.41, 5.74) is 9.97. The maximum absolute atomic E-state index is 13.4. The van der Waals surface area contributed by atoms with Crippen LogP contribution in [0, 0.1) is 6.92 Å². The molecule has 3 amide bonds. The van der Waals surface area contributed by atoms with E-state index in [4.69, 9.17) is 10.5 Å². The van der Waals surface area contributed by atoms with E-state index in [0.717, 1.165) is 11.3 Å². The molecular formula is C24H24N8O3. The zero-order valence-corrected chi connectivity index (χ0v) is 19.1. The molecule has 0 radical (unpaired) electrons. The van der Waals surface area contributed by atoms with Gasteiger partial charge in [0.2, 0.25) is 0 Å². The van der Waals surface area contributed by atoms with Crippen LogP contribution in [0.3, 0.4) is 0 Å². The van der Waals surface area contributed by atoms with Crippen molar-refractivity contribution in [3.05, 3.63) is 66.2 Å². The second-order valence-electron chi connectivity index (χ2n) is 8.08. The highest BCUT2D eigenvalue weighted by atomic mass is 16.5. The first-order valence-corrected chi connectivity index (χ1v) is 11.1. The number of nitrogens with one attached hydrogen (secondary N) is 2. The minimum atomic E-state index is -0.411. The molecule has 0 atom stereocenters. The van der Waals surface area contributed by atoms with E-state index in [0.29, 0.717) is 54.5 Å². The molecule has 4 aromatic rings. The van der Waals surface area contributed by atoms with Gasteiger partial charge in [0.1, 0.15) is 17.7 Å². The number of nitrogen functional groups attached to an aromatic ring is 1. The smallest absolute Gasteiger partial charge is 0.324 e. The summed E-state index contributed by atoms with van der Waals surface area (Å²) in [6.45, 7) is 3.87. The number of hydrogen-bond acceptors (Lipinski definition) is 7. The maximum atomic E-state index is 13.4. The van der Waals surface area contributed by atoms with Crippen molar-refractivity contribution in [3.8, 4) is 11.1 Å². The molecule has 5 rings (SSSR count). The molecule has 1 saturated heterocycles. The number of rotatable bonds is 4. The number of amides is 3. The number of anilines is 3. The lowest BCUT2D eigenvalue weighted by molar-refractivity contribution is 0.0303. The van der Waals surface area contributed by atoms with Crippen molar-refractivity contribution >= 4 is 34.8 Å². The second kappa shape index (κ2) is 9.39. The average molecular weight is 473 g/mol. The maximum Gasteiger partial charge on any atom is 0.324 e. The number of fused-ring (bicyclic) bond motifs is 1. The predicted molar refractivity (Wildman–Crippen MR) is 131 cm³/mol. The molecule has 11 nitrogen and oxygen atoms in total. The first kappa shape index (κ1) is 22.3. The Kier molecular flexibility index (Phi) is 5.98. The summed E-state index contributed by atoms with van der Waals surface area (Å²) in [5, 5.41) is 9.73. The van der Waals surface area contributed by atoms with Crippen LogP contribution in [0.2, 0.25) is 0 Å². The summed E-state index contributed by atoms with van der Waals surface area (Å²) < 4.78 is 6.95. The number of urea groups is 1. The number of nitrogens with two attached hydrogens (primary N) is 1. The normalized spacial score (nSPS) is 13.6. The van der Waals surface area contributed by atoms with E-state index in [-0.39, 0.29) is 11.7 Å². The first-order valence-electron chi connectivity index (χ1n) is 11.1. The van der Waals surface area contributed by atoms with Crippen LogP contribution in [0.5, 0.6) is 0 Å². The molecule has 35 heavy (non-hydrogen) atoms. The summed E-state index contributed by atoms with van der Waals surface area (Å²) in [6.07, 6.45) is 3.03. The summed E-state index contributed by atoms with van der Waals surface area (Å²) in [7, 11) is 0. The third kappa shape index (κ3) is 4.62. The van der Waals surface area contributed by atoms with Crippen LogP contribution >= 0.6 is 0 Å². The molecule has 3 aromatic heterocycles. The van der Waals surface area contributed by atoms with E-state index >= 15 is 0 Å². The Bertz CT molecular complexity index is 1390. The lowest BCUT2D eigenvalue weighted by atomic mass is 10.0. The highest BCUT2D eigenvalue weighted by Crippen LogP contribution is 2.34. The minimum absolute atomic E-state index is 0.125. The number of aryl methyl sites for hydroxylation is 1. The van der Waals surface area contributed by atoms with Crippen molar-refractivity contribution in [3.63, 3.8) is 0 Å². The fourth-order valence-electron chi connectivity index (χ4n) is 4.04. The van der Waals surface area contributed by atoms with Crippen molar-refractivity contribution in [1.29, 1.82) is 0 Å². The number of benzene rings is 1. The van der Waals surface area contributed by atoms with Gasteiger partial charge in [0.05, 0.1) is 18.8 Å². The Hall–Kier alpha value is -4.51. The lowest BCUT2D eigenvalue weighted by Crippen LogP contribution is -2.40. The van der Waals surface area contributed by atoms with Crippen molar-refractivity contribution in [2.24, 2.45) is 0 Å². The molecule has 0 aliphatic carbocycles. The molecule has 1 aliphatic rings. The monoisotopic (exact) mass is 472 g/mol. The molecule has 4 heterocycles. The van der Waals surface area contributed by atoms with Crippen molar-refractivity contribution in [1.82, 2.24) is 24.5 Å². The summed E-state index contributed by atoms with van der Waals surface area (Å²) in [5.74, 6) is 0.602. The third-order valence-electron chi connectivity index (χ3n) is 5.69. The molecule has 0 saturated carbocycles. The van der Waals surface area contributed by atoms with Gasteiger partial charge in [-0.15, -0.1) is 0 Å². The Morgan fingerprint density at radius 1 is 1.06 bits per heavy atom. The molecule has 1 aromatic carbocycles. The van der Waals surface area contributed by atoms with Crippen LogP contribution in [0.15, 0.2) is 55.0 Å². The van der Waals surface area contributed by atoms with E-state index in [1.807, 2.05) is 31.2 Å². The third-order valence-corrected chi connectivity index (χ3v) is 5.69. The minimum Gasteiger partial charge on any atom is -0.382 e. The van der Waals surface area contributed by atoms with Gasteiger partial charge in [-0.3, -0.25) is 10.1 Å². The molecule has 1 aliphatic heterocycles. The fourth-order valence-corrected chi connectivity index (χ4v) is 4.04. The number of carbonyl (C=O) groups excluding carboxylic acids is 2. The lowest BCUT2D eigenvalue weighted by Gasteiger charge is -2.27. The molecular weight excluding hydrogens is 448 g/mol. The largest absolute Gasteiger partial charge is 0.382 e. The van der Waals surface area contributed by atoms with Crippen molar-refractivity contribution < 1.29 is 14.3 Å². The van der Waals surface area contributed by atoms with Gasteiger partial charge in [0.15, 0.2) is 5.82 Å². The molecule has 4 N–H and O–H groups in total. The molecule has 178 valence electrons. The van der Waals surface area contributed by atoms with Gasteiger partial charge < -0.3 is 20.7 Å². The number of nitrogens with zero attached hydrogens (tertiary/aromatic N) is 5. The first-order chi connectivity index (χ1) is 17.0. The average Bonchev–Trinajstić information content (AvgIpc) is 3.25. The van der Waals surface area contributed by atoms with Gasteiger partial charge in [-0.1, -0.05) is 18.2 Å². The van der Waals surface area contributed by atoms with Crippen LogP contribution in [0.1, 0.15) is 16.1 Å². The van der Waals surface area contributed by atoms with Gasteiger partial charge >= 0.3 is 6.03 Å². The molecule has 1 fully saturated rings. The second-order valence-corrected chi connectivity index (χ2v) is 8.08. The number of pyridine rings is 1. The quantitative estimate of drug-likeness (QED) is 0.415. The Morgan fingerprint density at radius 2 is 1.83 bits per heavy atom. The van der Waals surface area contributed by atoms with Crippen LogP contribution in [-0.2, 0) is 4.74 Å². The number of carbonyl (C=O) groups is 2. The summed E-state index contributed by atoms with van der Waals surface area (Å²) >= 11 is 0. The van der Waals surface area contributed by atoms with Gasteiger partial charge in [-0.2, -0.15) is 5.10 Å². The zero-order valence-electron chi connectivity index (χ0n) is 19.1. The number of aromatic nitrogens is 4. The van der Waals surface area contributed by atoms with Crippen LogP contribution < -0.4 is 16.4 Å². The van der Waals surface area contributed by atoms with E-state index in [9.17, 15) is 9.59 Å². The molecule has 11 heteroatoms. The van der Waals surface area contributed by atoms with Gasteiger partial charge in [0.25, 0.3) is 5.91 Å². The van der Waals surface area contributed by atoms with Gasteiger partial charge in [0, 0.05) is 36.2 Å². The van der Waals surface area contributed by atoms with E-state index < -0.39 is 6.03 Å². The highest BCUT2D eigenvalue weighted by molar-refractivity contribution is 6.07. The molecule has 0 bridgehead atoms. The van der Waals surface area contributed by atoms with Crippen LogP contribution in [0.4, 0.5) is 22.1 Å². The van der Waals surface area contributed by atoms with Crippen molar-refractivity contribution in [2.75, 3.05) is 42.7 Å². The SMILES string of the molecule is Cc1cccc(NC(=O)Nc2ccc(-c3c(C(=O)N4CCOCC4)cn4ncnc(N)c34)cc2)n1.